The lowest BCUT2D eigenvalue weighted by Crippen LogP contribution is -2.13. The molecule has 0 saturated carbocycles. The van der Waals surface area contributed by atoms with Gasteiger partial charge in [0.05, 0.1) is 38.6 Å². The summed E-state index contributed by atoms with van der Waals surface area (Å²) in [5.74, 6) is 0. The van der Waals surface area contributed by atoms with Gasteiger partial charge in [0.15, 0.2) is 0 Å². The molecule has 0 fully saturated rings. The van der Waals surface area contributed by atoms with Crippen molar-refractivity contribution in [2.24, 2.45) is 0 Å². The van der Waals surface area contributed by atoms with Gasteiger partial charge in [0.1, 0.15) is 0 Å². The largest absolute Gasteiger partial charge is 0.312 e. The Balaban J connectivity index is 1.41. The second-order valence-electron chi connectivity index (χ2n) is 13.8. The SMILES string of the molecule is CC(C)(C)c1cc2c3c(cc4c5cc6c(cc5n1c42)c1cccc2c4ccccc4n6c21)c1ccccc1n3-c1ccccc1. The normalized spacial score (nSPS) is 13.2. The maximum Gasteiger partial charge on any atom is 0.0635 e. The van der Waals surface area contributed by atoms with Gasteiger partial charge >= 0.3 is 0 Å². The van der Waals surface area contributed by atoms with E-state index in [0.717, 1.165) is 0 Å². The molecule has 0 spiro atoms. The van der Waals surface area contributed by atoms with Crippen molar-refractivity contribution in [2.75, 3.05) is 0 Å². The first-order valence-electron chi connectivity index (χ1n) is 15.9. The Labute approximate surface area is 258 Å². The summed E-state index contributed by atoms with van der Waals surface area (Å²) in [5, 5.41) is 11.8. The highest BCUT2D eigenvalue weighted by atomic mass is 15.0. The number of fused-ring (bicyclic) bond motifs is 13. The van der Waals surface area contributed by atoms with Crippen molar-refractivity contribution in [2.45, 2.75) is 26.2 Å². The van der Waals surface area contributed by atoms with Crippen LogP contribution < -0.4 is 0 Å². The monoisotopic (exact) mass is 575 g/mol. The highest BCUT2D eigenvalue weighted by Gasteiger charge is 2.28. The minimum atomic E-state index is -0.0473. The minimum Gasteiger partial charge on any atom is -0.312 e. The average molecular weight is 576 g/mol. The van der Waals surface area contributed by atoms with Crippen LogP contribution in [0.2, 0.25) is 0 Å². The van der Waals surface area contributed by atoms with Crippen molar-refractivity contribution in [3.8, 4) is 5.69 Å². The molecule has 11 rings (SSSR count). The van der Waals surface area contributed by atoms with Crippen LogP contribution in [-0.4, -0.2) is 13.4 Å². The maximum absolute atomic E-state index is 2.58. The Bertz CT molecular complexity index is 3000. The van der Waals surface area contributed by atoms with Crippen molar-refractivity contribution < 1.29 is 0 Å². The number of hydrogen-bond acceptors (Lipinski definition) is 0. The van der Waals surface area contributed by atoms with Crippen LogP contribution in [-0.2, 0) is 5.41 Å². The minimum absolute atomic E-state index is 0.0473. The quantitative estimate of drug-likeness (QED) is 0.185. The van der Waals surface area contributed by atoms with Gasteiger partial charge in [-0.15, -0.1) is 0 Å². The van der Waals surface area contributed by atoms with Crippen LogP contribution in [0.1, 0.15) is 26.5 Å². The average Bonchev–Trinajstić information content (AvgIpc) is 3.84. The predicted octanol–water partition coefficient (Wildman–Crippen LogP) is 11.2. The van der Waals surface area contributed by atoms with Gasteiger partial charge in [-0.2, -0.15) is 0 Å². The molecule has 212 valence electrons. The first kappa shape index (κ1) is 23.9. The second-order valence-corrected chi connectivity index (χ2v) is 13.8. The fraction of sp³-hybridized carbons (Fsp3) is 0.0952. The van der Waals surface area contributed by atoms with E-state index in [1.54, 1.807) is 0 Å². The molecule has 11 aromatic rings. The molecular weight excluding hydrogens is 546 g/mol. The van der Waals surface area contributed by atoms with Crippen LogP contribution in [0.4, 0.5) is 0 Å². The Morgan fingerprint density at radius 2 is 0.933 bits per heavy atom. The van der Waals surface area contributed by atoms with Gasteiger partial charge in [-0.1, -0.05) is 93.6 Å². The van der Waals surface area contributed by atoms with Crippen molar-refractivity contribution in [1.82, 2.24) is 13.4 Å². The van der Waals surface area contributed by atoms with Crippen LogP contribution in [0.25, 0.3) is 92.8 Å². The topological polar surface area (TPSA) is 13.8 Å². The molecule has 0 atom stereocenters. The maximum atomic E-state index is 2.58. The first-order chi connectivity index (χ1) is 22.0. The van der Waals surface area contributed by atoms with Crippen LogP contribution in [0, 0.1) is 0 Å². The predicted molar refractivity (Wildman–Crippen MR) is 191 cm³/mol. The number of hydrogen-bond donors (Lipinski definition) is 0. The van der Waals surface area contributed by atoms with Crippen LogP contribution >= 0.6 is 0 Å². The third-order valence-corrected chi connectivity index (χ3v) is 10.4. The Morgan fingerprint density at radius 1 is 0.378 bits per heavy atom. The number of benzene rings is 6. The smallest absolute Gasteiger partial charge is 0.0635 e. The Kier molecular flexibility index (Phi) is 4.11. The summed E-state index contributed by atoms with van der Waals surface area (Å²) in [6.07, 6.45) is 0. The van der Waals surface area contributed by atoms with E-state index in [0.29, 0.717) is 0 Å². The molecule has 0 radical (unpaired) electrons. The summed E-state index contributed by atoms with van der Waals surface area (Å²) in [4.78, 5) is 0. The van der Waals surface area contributed by atoms with Gasteiger partial charge in [-0.25, -0.2) is 0 Å². The fourth-order valence-corrected chi connectivity index (χ4v) is 8.56. The zero-order valence-electron chi connectivity index (χ0n) is 25.4. The molecule has 5 aromatic heterocycles. The summed E-state index contributed by atoms with van der Waals surface area (Å²) in [5.41, 5.74) is 11.5. The van der Waals surface area contributed by atoms with E-state index in [2.05, 4.69) is 155 Å². The molecule has 6 aromatic carbocycles. The second kappa shape index (κ2) is 7.75. The van der Waals surface area contributed by atoms with Crippen molar-refractivity contribution >= 4 is 87.1 Å². The Morgan fingerprint density at radius 3 is 1.69 bits per heavy atom. The van der Waals surface area contributed by atoms with Gasteiger partial charge in [0, 0.05) is 65.3 Å². The van der Waals surface area contributed by atoms with Gasteiger partial charge < -0.3 is 13.4 Å². The van der Waals surface area contributed by atoms with Crippen molar-refractivity contribution in [1.29, 1.82) is 0 Å². The van der Waals surface area contributed by atoms with Crippen LogP contribution in [0.15, 0.2) is 121 Å². The highest BCUT2D eigenvalue weighted by molar-refractivity contribution is 6.30. The molecule has 3 nitrogen and oxygen atoms in total. The van der Waals surface area contributed by atoms with E-state index < -0.39 is 0 Å². The van der Waals surface area contributed by atoms with E-state index in [9.17, 15) is 0 Å². The number of para-hydroxylation sites is 4. The molecule has 0 bridgehead atoms. The lowest BCUT2D eigenvalue weighted by molar-refractivity contribution is 0.567. The lowest BCUT2D eigenvalue weighted by atomic mass is 9.91. The van der Waals surface area contributed by atoms with E-state index in [1.165, 1.54) is 98.5 Å². The number of nitrogens with zero attached hydrogens (tertiary/aromatic N) is 3. The van der Waals surface area contributed by atoms with E-state index in [-0.39, 0.29) is 5.41 Å². The molecule has 45 heavy (non-hydrogen) atoms. The van der Waals surface area contributed by atoms with Crippen molar-refractivity contribution in [3.63, 3.8) is 0 Å². The molecule has 3 heteroatoms. The van der Waals surface area contributed by atoms with E-state index in [4.69, 9.17) is 0 Å². The molecule has 0 aliphatic heterocycles. The number of rotatable bonds is 1. The van der Waals surface area contributed by atoms with Gasteiger partial charge in [0.2, 0.25) is 0 Å². The Hall–Kier alpha value is -5.54. The van der Waals surface area contributed by atoms with Crippen molar-refractivity contribution in [3.05, 3.63) is 127 Å². The molecule has 0 aliphatic rings. The van der Waals surface area contributed by atoms with E-state index >= 15 is 0 Å². The standard InChI is InChI=1S/C42H29N3/c1-42(2,3)38-23-33-40-31(26-15-8-9-18-34(26)43(40)24-12-5-4-6-13-24)20-32-30-22-36-29(21-37(30)45(38)41(32)33)28-17-11-16-27-25-14-7-10-19-35(25)44(36)39(27)28/h4-23H,1-3H3. The van der Waals surface area contributed by atoms with E-state index in [1.807, 2.05) is 0 Å². The molecule has 0 N–H and O–H groups in total. The summed E-state index contributed by atoms with van der Waals surface area (Å²) in [6, 6.07) is 45.3. The lowest BCUT2D eigenvalue weighted by Gasteiger charge is -2.18. The fourth-order valence-electron chi connectivity index (χ4n) is 8.56. The van der Waals surface area contributed by atoms with Gasteiger partial charge in [-0.05, 0) is 48.5 Å². The van der Waals surface area contributed by atoms with Gasteiger partial charge in [0.25, 0.3) is 0 Å². The van der Waals surface area contributed by atoms with Crippen LogP contribution in [0.5, 0.6) is 0 Å². The summed E-state index contributed by atoms with van der Waals surface area (Å²) in [6.45, 7) is 7.04. The zero-order valence-corrected chi connectivity index (χ0v) is 25.4. The zero-order chi connectivity index (χ0) is 29.8. The first-order valence-corrected chi connectivity index (χ1v) is 15.9. The molecule has 0 amide bonds. The molecule has 0 unspecified atom stereocenters. The van der Waals surface area contributed by atoms with Crippen LogP contribution in [0.3, 0.4) is 0 Å². The summed E-state index contributed by atoms with van der Waals surface area (Å²) in [7, 11) is 0. The number of aromatic nitrogens is 3. The van der Waals surface area contributed by atoms with Gasteiger partial charge in [-0.3, -0.25) is 0 Å². The molecule has 0 saturated heterocycles. The highest BCUT2D eigenvalue weighted by Crippen LogP contribution is 2.47. The molecule has 0 aliphatic carbocycles. The molecule has 5 heterocycles. The third-order valence-electron chi connectivity index (χ3n) is 10.4. The summed E-state index contributed by atoms with van der Waals surface area (Å²) < 4.78 is 7.56. The third kappa shape index (κ3) is 2.75. The molecular formula is C42H29N3. The summed E-state index contributed by atoms with van der Waals surface area (Å²) >= 11 is 0.